The number of nitrogens with zero attached hydrogens (tertiary/aromatic N) is 3. The van der Waals surface area contributed by atoms with Crippen LogP contribution in [-0.4, -0.2) is 20.6 Å². The van der Waals surface area contributed by atoms with E-state index in [2.05, 4.69) is 4.98 Å². The number of thiazole rings is 1. The molecule has 0 unspecified atom stereocenters. The number of imidazole rings is 1. The van der Waals surface area contributed by atoms with Gasteiger partial charge in [0.15, 0.2) is 11.2 Å². The summed E-state index contributed by atoms with van der Waals surface area (Å²) in [7, 11) is 0. The zero-order chi connectivity index (χ0) is 18.3. The summed E-state index contributed by atoms with van der Waals surface area (Å²) in [4.78, 5) is 27.3. The van der Waals surface area contributed by atoms with Gasteiger partial charge < -0.3 is 0 Å². The predicted octanol–water partition coefficient (Wildman–Crippen LogP) is 4.59. The SMILES string of the molecule is O=Cc1c(-c2cccc([N+](=O)[O-])c2)nc2scc(-c3ccc(F)cc3)n12. The highest BCUT2D eigenvalue weighted by Crippen LogP contribution is 2.33. The first kappa shape index (κ1) is 16.1. The number of hydrogen-bond donors (Lipinski definition) is 0. The van der Waals surface area contributed by atoms with Crippen LogP contribution in [0.5, 0.6) is 0 Å². The lowest BCUT2D eigenvalue weighted by Crippen LogP contribution is -1.95. The predicted molar refractivity (Wildman–Crippen MR) is 95.9 cm³/mol. The Balaban J connectivity index is 1.93. The molecule has 4 rings (SSSR count). The lowest BCUT2D eigenvalue weighted by Gasteiger charge is -2.03. The quantitative estimate of drug-likeness (QED) is 0.300. The molecule has 128 valence electrons. The summed E-state index contributed by atoms with van der Waals surface area (Å²) in [5.74, 6) is -0.348. The monoisotopic (exact) mass is 367 g/mol. The van der Waals surface area contributed by atoms with Crippen LogP contribution in [0.4, 0.5) is 10.1 Å². The summed E-state index contributed by atoms with van der Waals surface area (Å²) >= 11 is 1.33. The largest absolute Gasteiger partial charge is 0.296 e. The summed E-state index contributed by atoms with van der Waals surface area (Å²) in [6.07, 6.45) is 0.675. The van der Waals surface area contributed by atoms with Gasteiger partial charge in [0.2, 0.25) is 0 Å². The third-order valence-electron chi connectivity index (χ3n) is 3.98. The van der Waals surface area contributed by atoms with Gasteiger partial charge in [-0.2, -0.15) is 0 Å². The molecule has 0 saturated carbocycles. The number of aromatic nitrogens is 2. The maximum Gasteiger partial charge on any atom is 0.270 e. The van der Waals surface area contributed by atoms with E-state index in [-0.39, 0.29) is 11.5 Å². The van der Waals surface area contributed by atoms with Crippen LogP contribution < -0.4 is 0 Å². The molecule has 8 heteroatoms. The molecule has 0 aliphatic heterocycles. The molecule has 0 N–H and O–H groups in total. The van der Waals surface area contributed by atoms with Crippen LogP contribution >= 0.6 is 11.3 Å². The standard InChI is InChI=1S/C18H10FN3O3S/c19-13-6-4-11(5-7-13)16-10-26-18-20-17(15(9-23)21(16)18)12-2-1-3-14(8-12)22(24)25/h1-10H. The first-order valence-electron chi connectivity index (χ1n) is 7.54. The highest BCUT2D eigenvalue weighted by atomic mass is 32.1. The lowest BCUT2D eigenvalue weighted by molar-refractivity contribution is -0.384. The molecular weight excluding hydrogens is 357 g/mol. The molecule has 0 fully saturated rings. The third-order valence-corrected chi connectivity index (χ3v) is 4.81. The number of nitro groups is 1. The average Bonchev–Trinajstić information content (AvgIpc) is 3.21. The Hall–Kier alpha value is -3.39. The van der Waals surface area contributed by atoms with Crippen LogP contribution in [0.2, 0.25) is 0 Å². The first-order valence-corrected chi connectivity index (χ1v) is 8.42. The van der Waals surface area contributed by atoms with E-state index in [4.69, 9.17) is 0 Å². The molecule has 6 nitrogen and oxygen atoms in total. The fourth-order valence-electron chi connectivity index (χ4n) is 2.79. The van der Waals surface area contributed by atoms with Crippen LogP contribution in [-0.2, 0) is 0 Å². The number of nitro benzene ring substituents is 1. The molecule has 0 spiro atoms. The summed E-state index contributed by atoms with van der Waals surface area (Å²) < 4.78 is 14.9. The van der Waals surface area contributed by atoms with E-state index in [0.717, 1.165) is 5.56 Å². The Morgan fingerprint density at radius 2 is 1.92 bits per heavy atom. The van der Waals surface area contributed by atoms with Gasteiger partial charge in [-0.15, -0.1) is 11.3 Å². The smallest absolute Gasteiger partial charge is 0.270 e. The second-order valence-electron chi connectivity index (χ2n) is 5.52. The molecular formula is C18H10FN3O3S. The van der Waals surface area contributed by atoms with Crippen molar-refractivity contribution in [3.63, 3.8) is 0 Å². The van der Waals surface area contributed by atoms with Gasteiger partial charge in [0.25, 0.3) is 5.69 Å². The fraction of sp³-hybridized carbons (Fsp3) is 0. The third kappa shape index (κ3) is 2.56. The van der Waals surface area contributed by atoms with Crippen molar-refractivity contribution in [2.45, 2.75) is 0 Å². The minimum Gasteiger partial charge on any atom is -0.296 e. The first-order chi connectivity index (χ1) is 12.6. The number of carbonyl (C=O) groups excluding carboxylic acids is 1. The normalized spacial score (nSPS) is 11.0. The number of halogens is 1. The molecule has 0 aliphatic rings. The Bertz CT molecular complexity index is 1150. The highest BCUT2D eigenvalue weighted by molar-refractivity contribution is 7.15. The Labute approximate surface area is 150 Å². The van der Waals surface area contributed by atoms with Gasteiger partial charge in [0.05, 0.1) is 10.6 Å². The molecule has 0 bridgehead atoms. The number of non-ortho nitro benzene ring substituents is 1. The second-order valence-corrected chi connectivity index (χ2v) is 6.35. The zero-order valence-electron chi connectivity index (χ0n) is 13.1. The zero-order valence-corrected chi connectivity index (χ0v) is 13.9. The van der Waals surface area contributed by atoms with Crippen LogP contribution in [0, 0.1) is 15.9 Å². The van der Waals surface area contributed by atoms with Crippen LogP contribution in [0.1, 0.15) is 10.5 Å². The van der Waals surface area contributed by atoms with E-state index in [1.54, 1.807) is 28.7 Å². The van der Waals surface area contributed by atoms with Crippen LogP contribution in [0.25, 0.3) is 27.5 Å². The number of carbonyl (C=O) groups is 1. The van der Waals surface area contributed by atoms with Gasteiger partial charge in [-0.1, -0.05) is 12.1 Å². The number of hydrogen-bond acceptors (Lipinski definition) is 5. The van der Waals surface area contributed by atoms with Crippen molar-refractivity contribution in [2.75, 3.05) is 0 Å². The van der Waals surface area contributed by atoms with Gasteiger partial charge in [-0.3, -0.25) is 19.3 Å². The Kier molecular flexibility index (Phi) is 3.81. The number of fused-ring (bicyclic) bond motifs is 1. The molecule has 26 heavy (non-hydrogen) atoms. The van der Waals surface area contributed by atoms with Crippen molar-refractivity contribution in [3.05, 3.63) is 75.5 Å². The van der Waals surface area contributed by atoms with Gasteiger partial charge in [-0.05, 0) is 29.8 Å². The van der Waals surface area contributed by atoms with Gasteiger partial charge in [-0.25, -0.2) is 9.37 Å². The maximum atomic E-state index is 13.2. The highest BCUT2D eigenvalue weighted by Gasteiger charge is 2.19. The maximum absolute atomic E-state index is 13.2. The summed E-state index contributed by atoms with van der Waals surface area (Å²) in [6.45, 7) is 0. The topological polar surface area (TPSA) is 77.5 Å². The molecule has 4 aromatic rings. The van der Waals surface area contributed by atoms with Gasteiger partial charge in [0.1, 0.15) is 17.2 Å². The minimum absolute atomic E-state index is 0.0746. The lowest BCUT2D eigenvalue weighted by atomic mass is 10.1. The molecule has 2 heterocycles. The van der Waals surface area contributed by atoms with Gasteiger partial charge in [0, 0.05) is 23.1 Å². The van der Waals surface area contributed by atoms with E-state index >= 15 is 0 Å². The van der Waals surface area contributed by atoms with E-state index in [1.807, 2.05) is 5.38 Å². The van der Waals surface area contributed by atoms with E-state index in [0.29, 0.717) is 33.9 Å². The van der Waals surface area contributed by atoms with Crippen molar-refractivity contribution in [1.82, 2.24) is 9.38 Å². The summed E-state index contributed by atoms with van der Waals surface area (Å²) in [5, 5.41) is 12.8. The summed E-state index contributed by atoms with van der Waals surface area (Å²) in [5.41, 5.74) is 2.52. The molecule has 0 saturated heterocycles. The Morgan fingerprint density at radius 3 is 2.62 bits per heavy atom. The average molecular weight is 367 g/mol. The molecule has 2 aromatic carbocycles. The minimum atomic E-state index is -0.494. The fourth-order valence-corrected chi connectivity index (χ4v) is 3.70. The number of benzene rings is 2. The van der Waals surface area contributed by atoms with Crippen molar-refractivity contribution >= 4 is 28.3 Å². The van der Waals surface area contributed by atoms with Gasteiger partial charge >= 0.3 is 0 Å². The van der Waals surface area contributed by atoms with Crippen LogP contribution in [0.3, 0.4) is 0 Å². The van der Waals surface area contributed by atoms with E-state index in [1.165, 1.54) is 35.6 Å². The second kappa shape index (κ2) is 6.16. The van der Waals surface area contributed by atoms with E-state index in [9.17, 15) is 19.3 Å². The van der Waals surface area contributed by atoms with Crippen molar-refractivity contribution in [1.29, 1.82) is 0 Å². The molecule has 0 atom stereocenters. The van der Waals surface area contributed by atoms with Crippen LogP contribution in [0.15, 0.2) is 53.9 Å². The molecule has 0 radical (unpaired) electrons. The molecule has 0 amide bonds. The number of rotatable bonds is 4. The number of aldehydes is 1. The van der Waals surface area contributed by atoms with Crippen molar-refractivity contribution in [2.24, 2.45) is 0 Å². The van der Waals surface area contributed by atoms with Crippen molar-refractivity contribution in [3.8, 4) is 22.5 Å². The molecule has 2 aromatic heterocycles. The van der Waals surface area contributed by atoms with Crippen molar-refractivity contribution < 1.29 is 14.1 Å². The summed E-state index contributed by atoms with van der Waals surface area (Å²) in [6, 6.07) is 11.9. The Morgan fingerprint density at radius 1 is 1.15 bits per heavy atom. The molecule has 0 aliphatic carbocycles. The van der Waals surface area contributed by atoms with E-state index < -0.39 is 4.92 Å².